The Morgan fingerprint density at radius 3 is 2.00 bits per heavy atom. The third-order valence-corrected chi connectivity index (χ3v) is 4.72. The maximum Gasteiger partial charge on any atom is 0.216 e. The Morgan fingerprint density at radius 2 is 1.57 bits per heavy atom. The Morgan fingerprint density at radius 1 is 1.13 bits per heavy atom. The number of hydrogen-bond acceptors (Lipinski definition) is 3. The van der Waals surface area contributed by atoms with Crippen LogP contribution in [0.5, 0.6) is 0 Å². The molecular weight excluding hydrogens is 384 g/mol. The highest BCUT2D eigenvalue weighted by Crippen LogP contribution is 2.15. The Kier molecular flexibility index (Phi) is 7.67. The predicted molar refractivity (Wildman–Crippen MR) is 81.8 cm³/mol. The lowest BCUT2D eigenvalue weighted by Gasteiger charge is -2.47. The van der Waals surface area contributed by atoms with Crippen LogP contribution >= 0.6 is 11.6 Å². The molecule has 3 fully saturated rings. The van der Waals surface area contributed by atoms with E-state index in [-0.39, 0.29) is 22.8 Å². The van der Waals surface area contributed by atoms with Crippen molar-refractivity contribution in [3.63, 3.8) is 0 Å². The lowest BCUT2D eigenvalue weighted by Crippen LogP contribution is -3.19. The van der Waals surface area contributed by atoms with E-state index in [4.69, 9.17) is 21.5 Å². The molecule has 23 heavy (non-hydrogen) atoms. The molecule has 3 aliphatic heterocycles. The maximum atomic E-state index is 12.3. The van der Waals surface area contributed by atoms with Crippen molar-refractivity contribution >= 4 is 23.4 Å². The largest absolute Gasteiger partial charge is 1.00 e. The van der Waals surface area contributed by atoms with E-state index in [1.165, 1.54) is 19.6 Å². The normalized spacial score (nSPS) is 24.9. The molecule has 0 unspecified atom stereocenters. The smallest absolute Gasteiger partial charge is 0.216 e. The average molecular weight is 406 g/mol. The van der Waals surface area contributed by atoms with Crippen LogP contribution in [0.2, 0.25) is 5.02 Å². The SMILES string of the molecule is CC(=O)[O-].O=C(C[N+]12CC[NH+](CC1)CC2)c1ccc(Cl)cc1.[Br-]. The number of aliphatic carboxylic acids is 1. The zero-order valence-electron chi connectivity index (χ0n) is 13.2. The standard InChI is InChI=1S/C14H18ClN2O.C2H4O2.BrH/c15-13-3-1-12(2-4-13)14(18)11-17-8-5-16(6-9-17)7-10-17;1-2(3)4;/h1-4H,5-11H2;1H3,(H,3,4);1H/q+1;;/p-1. The molecule has 0 amide bonds. The molecule has 3 heterocycles. The second-order valence-corrected chi connectivity index (χ2v) is 6.53. The molecule has 0 atom stereocenters. The third kappa shape index (κ3) is 5.88. The topological polar surface area (TPSA) is 61.6 Å². The number of fused-ring (bicyclic) bond motifs is 3. The molecule has 5 nitrogen and oxygen atoms in total. The van der Waals surface area contributed by atoms with Crippen LogP contribution < -0.4 is 27.0 Å². The van der Waals surface area contributed by atoms with Crippen molar-refractivity contribution in [2.75, 3.05) is 45.8 Å². The number of piperazine rings is 3. The second-order valence-electron chi connectivity index (χ2n) is 6.09. The molecule has 3 saturated heterocycles. The quantitative estimate of drug-likeness (QED) is 0.412. The van der Waals surface area contributed by atoms with Gasteiger partial charge in [-0.15, -0.1) is 0 Å². The Hall–Kier alpha value is -0.950. The Balaban J connectivity index is 0.000000478. The molecule has 1 aromatic rings. The van der Waals surface area contributed by atoms with Gasteiger partial charge in [0.05, 0.1) is 0 Å². The summed E-state index contributed by atoms with van der Waals surface area (Å²) in [4.78, 5) is 22.9. The van der Waals surface area contributed by atoms with Crippen molar-refractivity contribution < 1.29 is 41.1 Å². The van der Waals surface area contributed by atoms with Gasteiger partial charge in [-0.1, -0.05) is 11.6 Å². The molecule has 0 saturated carbocycles. The first kappa shape index (κ1) is 20.1. The zero-order chi connectivity index (χ0) is 16.2. The zero-order valence-corrected chi connectivity index (χ0v) is 15.5. The molecule has 1 aromatic carbocycles. The molecule has 0 aromatic heterocycles. The van der Waals surface area contributed by atoms with Gasteiger partial charge < -0.3 is 36.3 Å². The van der Waals surface area contributed by atoms with Crippen molar-refractivity contribution in [3.05, 3.63) is 34.9 Å². The van der Waals surface area contributed by atoms with Gasteiger partial charge in [-0.3, -0.25) is 4.79 Å². The number of halogens is 2. The van der Waals surface area contributed by atoms with E-state index in [1.54, 1.807) is 17.0 Å². The minimum absolute atomic E-state index is 0. The van der Waals surface area contributed by atoms with Crippen molar-refractivity contribution in [3.8, 4) is 0 Å². The van der Waals surface area contributed by atoms with E-state index in [0.29, 0.717) is 11.6 Å². The molecular formula is C16H22BrClN2O3. The second kappa shape index (κ2) is 8.78. The van der Waals surface area contributed by atoms with Gasteiger partial charge in [-0.25, -0.2) is 0 Å². The molecule has 128 valence electrons. The number of ketones is 1. The van der Waals surface area contributed by atoms with Gasteiger partial charge in [-0.2, -0.15) is 0 Å². The van der Waals surface area contributed by atoms with Crippen molar-refractivity contribution in [2.45, 2.75) is 6.92 Å². The molecule has 2 bridgehead atoms. The maximum absolute atomic E-state index is 12.3. The van der Waals surface area contributed by atoms with Crippen LogP contribution in [0.15, 0.2) is 24.3 Å². The molecule has 0 radical (unpaired) electrons. The fraction of sp³-hybridized carbons (Fsp3) is 0.500. The van der Waals surface area contributed by atoms with E-state index in [1.807, 2.05) is 12.1 Å². The summed E-state index contributed by atoms with van der Waals surface area (Å²) in [6, 6.07) is 7.28. The number of carboxylic acid groups (broad SMARTS) is 1. The van der Waals surface area contributed by atoms with Gasteiger partial charge in [-0.05, 0) is 31.2 Å². The van der Waals surface area contributed by atoms with Gasteiger partial charge in [0.2, 0.25) is 5.78 Å². The summed E-state index contributed by atoms with van der Waals surface area (Å²) in [7, 11) is 0. The summed E-state index contributed by atoms with van der Waals surface area (Å²) in [5, 5.41) is 9.58. The summed E-state index contributed by atoms with van der Waals surface area (Å²) in [6.45, 7) is 8.81. The number of rotatable bonds is 3. The van der Waals surface area contributed by atoms with Crippen molar-refractivity contribution in [1.29, 1.82) is 0 Å². The number of hydrogen-bond donors (Lipinski definition) is 1. The summed E-state index contributed by atoms with van der Waals surface area (Å²) in [6.07, 6.45) is 0. The molecule has 4 rings (SSSR count). The number of carbonyl (C=O) groups is 2. The summed E-state index contributed by atoms with van der Waals surface area (Å²) >= 11 is 5.85. The van der Waals surface area contributed by atoms with Crippen LogP contribution in [0.1, 0.15) is 17.3 Å². The lowest BCUT2D eigenvalue weighted by atomic mass is 10.1. The number of benzene rings is 1. The van der Waals surface area contributed by atoms with Gasteiger partial charge >= 0.3 is 0 Å². The molecule has 7 heteroatoms. The highest BCUT2D eigenvalue weighted by atomic mass is 79.9. The number of carbonyl (C=O) groups excluding carboxylic acids is 2. The fourth-order valence-corrected chi connectivity index (χ4v) is 3.29. The first-order chi connectivity index (χ1) is 10.4. The number of carboxylic acids is 1. The Labute approximate surface area is 152 Å². The van der Waals surface area contributed by atoms with Gasteiger partial charge in [0.1, 0.15) is 45.8 Å². The molecule has 1 N–H and O–H groups in total. The Bertz CT molecular complexity index is 525. The van der Waals surface area contributed by atoms with Gasteiger partial charge in [0, 0.05) is 16.6 Å². The van der Waals surface area contributed by atoms with Crippen molar-refractivity contribution in [2.24, 2.45) is 0 Å². The van der Waals surface area contributed by atoms with E-state index >= 15 is 0 Å². The van der Waals surface area contributed by atoms with E-state index < -0.39 is 5.97 Å². The minimum Gasteiger partial charge on any atom is -1.00 e. The number of Topliss-reactive ketones (excluding diaryl/α,β-unsaturated/α-hetero) is 1. The fourth-order valence-electron chi connectivity index (χ4n) is 3.17. The lowest BCUT2D eigenvalue weighted by molar-refractivity contribution is -1.07. The van der Waals surface area contributed by atoms with Crippen LogP contribution in [0.4, 0.5) is 0 Å². The first-order valence-corrected chi connectivity index (χ1v) is 7.93. The van der Waals surface area contributed by atoms with E-state index in [9.17, 15) is 4.79 Å². The average Bonchev–Trinajstić information content (AvgIpc) is 2.48. The van der Waals surface area contributed by atoms with Crippen LogP contribution in [0, 0.1) is 0 Å². The monoisotopic (exact) mass is 404 g/mol. The summed E-state index contributed by atoms with van der Waals surface area (Å²) in [5.74, 6) is -0.822. The van der Waals surface area contributed by atoms with Crippen LogP contribution in [0.25, 0.3) is 0 Å². The summed E-state index contributed by atoms with van der Waals surface area (Å²) < 4.78 is 1.00. The first-order valence-electron chi connectivity index (χ1n) is 7.55. The number of nitrogens with one attached hydrogen (secondary N) is 1. The van der Waals surface area contributed by atoms with E-state index in [2.05, 4.69) is 0 Å². The van der Waals surface area contributed by atoms with Crippen molar-refractivity contribution in [1.82, 2.24) is 0 Å². The van der Waals surface area contributed by atoms with Crippen LogP contribution in [-0.2, 0) is 4.79 Å². The highest BCUT2D eigenvalue weighted by Gasteiger charge is 2.42. The molecule has 0 spiro atoms. The summed E-state index contributed by atoms with van der Waals surface area (Å²) in [5.41, 5.74) is 0.798. The van der Waals surface area contributed by atoms with Gasteiger partial charge in [0.25, 0.3) is 0 Å². The van der Waals surface area contributed by atoms with Crippen LogP contribution in [0.3, 0.4) is 0 Å². The number of nitrogens with zero attached hydrogens (tertiary/aromatic N) is 1. The van der Waals surface area contributed by atoms with Gasteiger partial charge in [0.15, 0.2) is 0 Å². The van der Waals surface area contributed by atoms with Crippen LogP contribution in [-0.4, -0.2) is 62.0 Å². The highest BCUT2D eigenvalue weighted by molar-refractivity contribution is 6.30. The third-order valence-electron chi connectivity index (χ3n) is 4.46. The minimum atomic E-state index is -1.08. The number of quaternary nitrogens is 2. The molecule has 3 aliphatic rings. The predicted octanol–water partition coefficient (Wildman–Crippen LogP) is -3.99. The van der Waals surface area contributed by atoms with E-state index in [0.717, 1.165) is 36.6 Å². The molecule has 0 aliphatic carbocycles.